The first kappa shape index (κ1) is 13.2. The molecule has 2 nitrogen and oxygen atoms in total. The van der Waals surface area contributed by atoms with Crippen molar-refractivity contribution in [1.29, 1.82) is 0 Å². The lowest BCUT2D eigenvalue weighted by Gasteiger charge is -2.27. The summed E-state index contributed by atoms with van der Waals surface area (Å²) in [6, 6.07) is 19.4. The minimum atomic E-state index is 0.381. The lowest BCUT2D eigenvalue weighted by atomic mass is 9.92. The average Bonchev–Trinajstić information content (AvgIpc) is 2.53. The van der Waals surface area contributed by atoms with Crippen molar-refractivity contribution in [2.75, 3.05) is 13.2 Å². The van der Waals surface area contributed by atoms with Crippen molar-refractivity contribution in [3.63, 3.8) is 0 Å². The number of hydrogen-bond donors (Lipinski definition) is 1. The van der Waals surface area contributed by atoms with Crippen LogP contribution in [0.2, 0.25) is 0 Å². The van der Waals surface area contributed by atoms with Gasteiger partial charge in [0.1, 0.15) is 5.75 Å². The van der Waals surface area contributed by atoms with Gasteiger partial charge in [-0.15, -0.1) is 0 Å². The summed E-state index contributed by atoms with van der Waals surface area (Å²) >= 11 is 0. The zero-order chi connectivity index (χ0) is 13.8. The Morgan fingerprint density at radius 2 is 1.85 bits per heavy atom. The molecule has 0 spiro atoms. The quantitative estimate of drug-likeness (QED) is 0.907. The molecule has 3 rings (SSSR count). The van der Waals surface area contributed by atoms with Gasteiger partial charge in [0, 0.05) is 18.5 Å². The molecule has 1 aliphatic rings. The summed E-state index contributed by atoms with van der Waals surface area (Å²) in [7, 11) is 0. The molecular weight excluding hydrogens is 246 g/mol. The van der Waals surface area contributed by atoms with E-state index in [4.69, 9.17) is 4.74 Å². The van der Waals surface area contributed by atoms with Crippen LogP contribution in [0.15, 0.2) is 54.6 Å². The van der Waals surface area contributed by atoms with E-state index in [9.17, 15) is 0 Å². The van der Waals surface area contributed by atoms with Gasteiger partial charge in [0.05, 0.1) is 6.61 Å². The largest absolute Gasteiger partial charge is 0.493 e. The van der Waals surface area contributed by atoms with Gasteiger partial charge in [0.25, 0.3) is 0 Å². The molecule has 0 saturated carbocycles. The van der Waals surface area contributed by atoms with Crippen molar-refractivity contribution in [3.05, 3.63) is 65.7 Å². The molecule has 0 radical (unpaired) electrons. The molecule has 1 N–H and O–H groups in total. The van der Waals surface area contributed by atoms with E-state index < -0.39 is 0 Å². The van der Waals surface area contributed by atoms with E-state index in [1.165, 1.54) is 11.1 Å². The molecule has 1 aliphatic heterocycles. The summed E-state index contributed by atoms with van der Waals surface area (Å²) in [5, 5.41) is 3.65. The first-order valence-electron chi connectivity index (χ1n) is 7.34. The topological polar surface area (TPSA) is 21.3 Å². The van der Waals surface area contributed by atoms with Crippen molar-refractivity contribution in [2.24, 2.45) is 0 Å². The molecule has 0 bridgehead atoms. The van der Waals surface area contributed by atoms with Crippen LogP contribution < -0.4 is 10.1 Å². The van der Waals surface area contributed by atoms with Crippen LogP contribution in [0.3, 0.4) is 0 Å². The van der Waals surface area contributed by atoms with Crippen molar-refractivity contribution in [2.45, 2.75) is 25.3 Å². The van der Waals surface area contributed by atoms with Crippen LogP contribution in [0, 0.1) is 0 Å². The van der Waals surface area contributed by atoms with E-state index in [1.807, 2.05) is 6.07 Å². The Bertz CT molecular complexity index is 552. The molecule has 104 valence electrons. The second-order valence-corrected chi connectivity index (χ2v) is 5.41. The van der Waals surface area contributed by atoms with Gasteiger partial charge in [-0.3, -0.25) is 0 Å². The Labute approximate surface area is 120 Å². The van der Waals surface area contributed by atoms with Crippen molar-refractivity contribution >= 4 is 0 Å². The summed E-state index contributed by atoms with van der Waals surface area (Å²) in [5.41, 5.74) is 2.68. The normalized spacial score (nSPS) is 18.9. The highest BCUT2D eigenvalue weighted by molar-refractivity contribution is 5.38. The highest BCUT2D eigenvalue weighted by atomic mass is 16.5. The van der Waals surface area contributed by atoms with E-state index >= 15 is 0 Å². The molecule has 0 fully saturated rings. The molecular formula is C18H21NO. The van der Waals surface area contributed by atoms with Crippen LogP contribution in [-0.2, 0) is 0 Å². The first-order chi connectivity index (χ1) is 9.84. The van der Waals surface area contributed by atoms with Crippen molar-refractivity contribution in [3.8, 4) is 5.75 Å². The standard InChI is InChI=1S/C18H21NO/c1-14(15-7-3-2-4-8-15)19-13-16-11-12-20-18-10-6-5-9-17(16)18/h2-10,14,16,19H,11-13H2,1H3/t14?,16-/m0/s1. The zero-order valence-electron chi connectivity index (χ0n) is 11.9. The number of nitrogens with one attached hydrogen (secondary N) is 1. The molecule has 0 aliphatic carbocycles. The highest BCUT2D eigenvalue weighted by Gasteiger charge is 2.21. The fraction of sp³-hybridized carbons (Fsp3) is 0.333. The SMILES string of the molecule is CC(NC[C@@H]1CCOc2ccccc21)c1ccccc1. The minimum Gasteiger partial charge on any atom is -0.493 e. The average molecular weight is 267 g/mol. The van der Waals surface area contributed by atoms with Crippen molar-refractivity contribution in [1.82, 2.24) is 5.32 Å². The van der Waals surface area contributed by atoms with Gasteiger partial charge in [-0.05, 0) is 30.5 Å². The number of hydrogen-bond acceptors (Lipinski definition) is 2. The molecule has 2 aromatic rings. The second-order valence-electron chi connectivity index (χ2n) is 5.41. The fourth-order valence-corrected chi connectivity index (χ4v) is 2.81. The molecule has 0 aromatic heterocycles. The van der Waals surface area contributed by atoms with Gasteiger partial charge in [0.2, 0.25) is 0 Å². The number of para-hydroxylation sites is 1. The highest BCUT2D eigenvalue weighted by Crippen LogP contribution is 2.33. The first-order valence-corrected chi connectivity index (χ1v) is 7.34. The van der Waals surface area contributed by atoms with E-state index in [0.717, 1.165) is 25.3 Å². The Morgan fingerprint density at radius 3 is 2.70 bits per heavy atom. The molecule has 2 aromatic carbocycles. The van der Waals surface area contributed by atoms with E-state index in [0.29, 0.717) is 12.0 Å². The monoisotopic (exact) mass is 267 g/mol. The third kappa shape index (κ3) is 2.86. The Morgan fingerprint density at radius 1 is 1.10 bits per heavy atom. The smallest absolute Gasteiger partial charge is 0.122 e. The van der Waals surface area contributed by atoms with Crippen LogP contribution in [-0.4, -0.2) is 13.2 Å². The van der Waals surface area contributed by atoms with Gasteiger partial charge >= 0.3 is 0 Å². The number of rotatable bonds is 4. The van der Waals surface area contributed by atoms with Crippen LogP contribution in [0.4, 0.5) is 0 Å². The summed E-state index contributed by atoms with van der Waals surface area (Å²) in [4.78, 5) is 0. The molecule has 20 heavy (non-hydrogen) atoms. The maximum atomic E-state index is 5.72. The molecule has 0 amide bonds. The number of fused-ring (bicyclic) bond motifs is 1. The lowest BCUT2D eigenvalue weighted by molar-refractivity contribution is 0.263. The van der Waals surface area contributed by atoms with Gasteiger partial charge in [0.15, 0.2) is 0 Å². The predicted molar refractivity (Wildman–Crippen MR) is 82.2 cm³/mol. The van der Waals surface area contributed by atoms with Crippen molar-refractivity contribution < 1.29 is 4.74 Å². The Kier molecular flexibility index (Phi) is 4.03. The second kappa shape index (κ2) is 6.10. The molecule has 1 heterocycles. The van der Waals surface area contributed by atoms with E-state index in [1.54, 1.807) is 0 Å². The number of benzene rings is 2. The van der Waals surface area contributed by atoms with Gasteiger partial charge < -0.3 is 10.1 Å². The third-order valence-corrected chi connectivity index (χ3v) is 4.05. The predicted octanol–water partition coefficient (Wildman–Crippen LogP) is 3.90. The van der Waals surface area contributed by atoms with E-state index in [2.05, 4.69) is 60.8 Å². The lowest BCUT2D eigenvalue weighted by Crippen LogP contribution is -2.28. The van der Waals surface area contributed by atoms with Crippen LogP contribution in [0.25, 0.3) is 0 Å². The third-order valence-electron chi connectivity index (χ3n) is 4.05. The summed E-state index contributed by atoms with van der Waals surface area (Å²) < 4.78 is 5.72. The Hall–Kier alpha value is -1.80. The fourth-order valence-electron chi connectivity index (χ4n) is 2.81. The van der Waals surface area contributed by atoms with E-state index in [-0.39, 0.29) is 0 Å². The van der Waals surface area contributed by atoms with Gasteiger partial charge in [-0.25, -0.2) is 0 Å². The van der Waals surface area contributed by atoms with Gasteiger partial charge in [-0.2, -0.15) is 0 Å². The summed E-state index contributed by atoms with van der Waals surface area (Å²) in [5.74, 6) is 1.60. The maximum absolute atomic E-state index is 5.72. The molecule has 0 saturated heterocycles. The molecule has 2 atom stereocenters. The summed E-state index contributed by atoms with van der Waals surface area (Å²) in [6.45, 7) is 4.04. The number of ether oxygens (including phenoxy) is 1. The minimum absolute atomic E-state index is 0.381. The molecule has 2 heteroatoms. The summed E-state index contributed by atoms with van der Waals surface area (Å²) in [6.07, 6.45) is 1.09. The van der Waals surface area contributed by atoms with Crippen LogP contribution in [0.1, 0.15) is 36.4 Å². The Balaban J connectivity index is 1.65. The maximum Gasteiger partial charge on any atom is 0.122 e. The molecule has 1 unspecified atom stereocenters. The zero-order valence-corrected chi connectivity index (χ0v) is 11.9. The van der Waals surface area contributed by atoms with Crippen LogP contribution in [0.5, 0.6) is 5.75 Å². The van der Waals surface area contributed by atoms with Crippen LogP contribution >= 0.6 is 0 Å². The van der Waals surface area contributed by atoms with Gasteiger partial charge in [-0.1, -0.05) is 48.5 Å².